The molecule has 0 bridgehead atoms. The van der Waals surface area contributed by atoms with E-state index in [0.29, 0.717) is 5.56 Å². The van der Waals surface area contributed by atoms with Gasteiger partial charge in [-0.05, 0) is 18.1 Å². The van der Waals surface area contributed by atoms with Gasteiger partial charge >= 0.3 is 0 Å². The zero-order valence-corrected chi connectivity index (χ0v) is 18.0. The zero-order valence-electron chi connectivity index (χ0n) is 16.5. The molecule has 0 aliphatic rings. The summed E-state index contributed by atoms with van der Waals surface area (Å²) in [7, 11) is 0. The Morgan fingerprint density at radius 1 is 1.00 bits per heavy atom. The standard InChI is InChI=1S/C24H29Cl2NO/c1-2-3-4-5-6-7-8-12-17-24(28,21-16-13-18-27-19-21)22(23(25)26)20-14-10-9-11-15-20/h9-11,13-16,18-19,22-23,28H,2-8H2,1H3. The minimum Gasteiger partial charge on any atom is -0.373 e. The lowest BCUT2D eigenvalue weighted by Crippen LogP contribution is -2.36. The summed E-state index contributed by atoms with van der Waals surface area (Å²) in [5.41, 5.74) is -0.0604. The van der Waals surface area contributed by atoms with Gasteiger partial charge < -0.3 is 5.11 Å². The molecule has 0 saturated heterocycles. The van der Waals surface area contributed by atoms with Gasteiger partial charge in [0.2, 0.25) is 0 Å². The van der Waals surface area contributed by atoms with Crippen molar-refractivity contribution >= 4 is 23.2 Å². The molecule has 0 amide bonds. The fraction of sp³-hybridized carbons (Fsp3) is 0.458. The van der Waals surface area contributed by atoms with E-state index in [-0.39, 0.29) is 0 Å². The van der Waals surface area contributed by atoms with Crippen LogP contribution >= 0.6 is 23.2 Å². The van der Waals surface area contributed by atoms with Crippen molar-refractivity contribution in [2.45, 2.75) is 68.2 Å². The average molecular weight is 418 g/mol. The van der Waals surface area contributed by atoms with Gasteiger partial charge in [-0.3, -0.25) is 4.98 Å². The van der Waals surface area contributed by atoms with E-state index >= 15 is 0 Å². The molecule has 150 valence electrons. The van der Waals surface area contributed by atoms with E-state index in [9.17, 15) is 5.11 Å². The smallest absolute Gasteiger partial charge is 0.161 e. The highest BCUT2D eigenvalue weighted by molar-refractivity contribution is 6.44. The first-order valence-electron chi connectivity index (χ1n) is 10.1. The summed E-state index contributed by atoms with van der Waals surface area (Å²) >= 11 is 12.7. The maximum Gasteiger partial charge on any atom is 0.161 e. The minimum atomic E-state index is -1.51. The summed E-state index contributed by atoms with van der Waals surface area (Å²) in [5, 5.41) is 11.7. The predicted octanol–water partition coefficient (Wildman–Crippen LogP) is 6.61. The number of nitrogens with zero attached hydrogens (tertiary/aromatic N) is 1. The van der Waals surface area contributed by atoms with Gasteiger partial charge in [0.25, 0.3) is 0 Å². The molecule has 0 aliphatic heterocycles. The van der Waals surface area contributed by atoms with Gasteiger partial charge in [-0.2, -0.15) is 0 Å². The molecule has 1 N–H and O–H groups in total. The van der Waals surface area contributed by atoms with E-state index < -0.39 is 16.4 Å². The Hall–Kier alpha value is -1.53. The van der Waals surface area contributed by atoms with Gasteiger partial charge in [-0.25, -0.2) is 0 Å². The Morgan fingerprint density at radius 3 is 2.36 bits per heavy atom. The number of hydrogen-bond donors (Lipinski definition) is 1. The summed E-state index contributed by atoms with van der Waals surface area (Å²) in [6, 6.07) is 13.2. The molecule has 2 rings (SSSR count). The molecule has 4 heteroatoms. The normalized spacial score (nSPS) is 14.2. The first kappa shape index (κ1) is 22.8. The molecule has 2 atom stereocenters. The second-order valence-corrected chi connectivity index (χ2v) is 8.21. The van der Waals surface area contributed by atoms with Crippen LogP contribution in [-0.2, 0) is 5.60 Å². The molecule has 2 nitrogen and oxygen atoms in total. The first-order chi connectivity index (χ1) is 13.6. The maximum absolute atomic E-state index is 11.7. The molecule has 0 fully saturated rings. The van der Waals surface area contributed by atoms with Crippen LogP contribution in [-0.4, -0.2) is 14.9 Å². The van der Waals surface area contributed by atoms with Crippen molar-refractivity contribution in [2.75, 3.05) is 0 Å². The van der Waals surface area contributed by atoms with Crippen LogP contribution in [0.3, 0.4) is 0 Å². The van der Waals surface area contributed by atoms with E-state index in [0.717, 1.165) is 24.8 Å². The largest absolute Gasteiger partial charge is 0.373 e. The number of aliphatic hydroxyl groups is 1. The number of pyridine rings is 1. The SMILES string of the molecule is CCCCCCCCC#CC(O)(c1cccnc1)C(c1ccccc1)C(Cl)Cl. The van der Waals surface area contributed by atoms with Gasteiger partial charge in [0.15, 0.2) is 5.60 Å². The van der Waals surface area contributed by atoms with Gasteiger partial charge in [-0.1, -0.05) is 87.3 Å². The van der Waals surface area contributed by atoms with Gasteiger partial charge in [-0.15, -0.1) is 23.2 Å². The molecule has 28 heavy (non-hydrogen) atoms. The van der Waals surface area contributed by atoms with Crippen molar-refractivity contribution in [3.05, 3.63) is 66.0 Å². The third-order valence-corrected chi connectivity index (χ3v) is 5.40. The lowest BCUT2D eigenvalue weighted by molar-refractivity contribution is 0.0721. The van der Waals surface area contributed by atoms with E-state index in [1.165, 1.54) is 25.7 Å². The highest BCUT2D eigenvalue weighted by Crippen LogP contribution is 2.42. The summed E-state index contributed by atoms with van der Waals surface area (Å²) in [6.07, 6.45) is 11.3. The zero-order chi connectivity index (χ0) is 20.2. The molecule has 1 heterocycles. The van der Waals surface area contributed by atoms with Crippen molar-refractivity contribution in [2.24, 2.45) is 0 Å². The highest BCUT2D eigenvalue weighted by atomic mass is 35.5. The molecule has 0 radical (unpaired) electrons. The van der Waals surface area contributed by atoms with Gasteiger partial charge in [0.1, 0.15) is 4.84 Å². The first-order valence-corrected chi connectivity index (χ1v) is 10.9. The molecule has 2 unspecified atom stereocenters. The second kappa shape index (κ2) is 12.1. The van der Waals surface area contributed by atoms with E-state index in [2.05, 4.69) is 23.7 Å². The monoisotopic (exact) mass is 417 g/mol. The number of unbranched alkanes of at least 4 members (excludes halogenated alkanes) is 6. The van der Waals surface area contributed by atoms with Crippen molar-refractivity contribution in [1.82, 2.24) is 4.98 Å². The van der Waals surface area contributed by atoms with Crippen LogP contribution in [0.2, 0.25) is 0 Å². The van der Waals surface area contributed by atoms with E-state index in [1.807, 2.05) is 36.4 Å². The third kappa shape index (κ3) is 6.52. The molecule has 1 aromatic carbocycles. The molecule has 1 aromatic heterocycles. The quantitative estimate of drug-likeness (QED) is 0.268. The number of halogens is 2. The average Bonchev–Trinajstić information content (AvgIpc) is 2.71. The minimum absolute atomic E-state index is 0.585. The number of rotatable bonds is 10. The Bertz CT molecular complexity index is 739. The Labute approximate surface area is 179 Å². The van der Waals surface area contributed by atoms with Crippen LogP contribution in [0.25, 0.3) is 0 Å². The number of aromatic nitrogens is 1. The van der Waals surface area contributed by atoms with E-state index in [1.54, 1.807) is 18.5 Å². The van der Waals surface area contributed by atoms with Crippen molar-refractivity contribution in [1.29, 1.82) is 0 Å². The lowest BCUT2D eigenvalue weighted by Gasteiger charge is -2.33. The van der Waals surface area contributed by atoms with Crippen molar-refractivity contribution in [3.63, 3.8) is 0 Å². The molecule has 2 aromatic rings. The number of benzene rings is 1. The Kier molecular flexibility index (Phi) is 9.85. The van der Waals surface area contributed by atoms with Crippen LogP contribution in [0.5, 0.6) is 0 Å². The Morgan fingerprint density at radius 2 is 1.71 bits per heavy atom. The molecular weight excluding hydrogens is 389 g/mol. The second-order valence-electron chi connectivity index (χ2n) is 7.05. The summed E-state index contributed by atoms with van der Waals surface area (Å²) in [4.78, 5) is 3.34. The summed E-state index contributed by atoms with van der Waals surface area (Å²) < 4.78 is 0. The summed E-state index contributed by atoms with van der Waals surface area (Å²) in [5.74, 6) is 5.68. The van der Waals surface area contributed by atoms with Crippen LogP contribution in [0, 0.1) is 11.8 Å². The van der Waals surface area contributed by atoms with Gasteiger partial charge in [0.05, 0.1) is 5.92 Å². The summed E-state index contributed by atoms with van der Waals surface area (Å²) in [6.45, 7) is 2.22. The van der Waals surface area contributed by atoms with Crippen LogP contribution in [0.15, 0.2) is 54.9 Å². The van der Waals surface area contributed by atoms with Crippen LogP contribution in [0.4, 0.5) is 0 Å². The molecule has 0 saturated carbocycles. The van der Waals surface area contributed by atoms with E-state index in [4.69, 9.17) is 23.2 Å². The molecule has 0 aliphatic carbocycles. The van der Waals surface area contributed by atoms with Crippen LogP contribution < -0.4 is 0 Å². The van der Waals surface area contributed by atoms with Gasteiger partial charge in [0, 0.05) is 24.4 Å². The number of alkyl halides is 2. The fourth-order valence-corrected chi connectivity index (χ4v) is 3.99. The molecular formula is C24H29Cl2NO. The lowest BCUT2D eigenvalue weighted by atomic mass is 9.79. The Balaban J connectivity index is 2.23. The highest BCUT2D eigenvalue weighted by Gasteiger charge is 2.42. The van der Waals surface area contributed by atoms with Crippen LogP contribution in [0.1, 0.15) is 68.9 Å². The predicted molar refractivity (Wildman–Crippen MR) is 119 cm³/mol. The maximum atomic E-state index is 11.7. The van der Waals surface area contributed by atoms with Crippen molar-refractivity contribution in [3.8, 4) is 11.8 Å². The fourth-order valence-electron chi connectivity index (χ4n) is 3.34. The third-order valence-electron chi connectivity index (χ3n) is 4.90. The van der Waals surface area contributed by atoms with Crippen molar-refractivity contribution < 1.29 is 5.11 Å². The number of hydrogen-bond acceptors (Lipinski definition) is 2. The topological polar surface area (TPSA) is 33.1 Å². The molecule has 0 spiro atoms.